The third-order valence-electron chi connectivity index (χ3n) is 3.30. The van der Waals surface area contributed by atoms with Crippen LogP contribution in [0.15, 0.2) is 22.6 Å². The number of amides is 1. The number of nitrogens with zero attached hydrogens (tertiary/aromatic N) is 2. The predicted molar refractivity (Wildman–Crippen MR) is 75.7 cm³/mol. The highest BCUT2D eigenvalue weighted by molar-refractivity contribution is 6.47. The number of nitrogens with two attached hydrogens (primary N) is 1. The minimum atomic E-state index is -1.42. The molecule has 11 heteroatoms. The molecule has 1 amide bonds. The van der Waals surface area contributed by atoms with Gasteiger partial charge in [-0.25, -0.2) is 4.79 Å². The van der Waals surface area contributed by atoms with Gasteiger partial charge in [-0.2, -0.15) is 0 Å². The van der Waals surface area contributed by atoms with E-state index in [0.717, 1.165) is 0 Å². The molecule has 1 aromatic heterocycles. The number of hydrogen-bond donors (Lipinski definition) is 4. The van der Waals surface area contributed by atoms with Gasteiger partial charge in [-0.05, 0) is 18.1 Å². The summed E-state index contributed by atoms with van der Waals surface area (Å²) in [6.45, 7) is 0. The van der Waals surface area contributed by atoms with Gasteiger partial charge < -0.3 is 30.3 Å². The number of benzene rings is 1. The van der Waals surface area contributed by atoms with Crippen molar-refractivity contribution in [3.05, 3.63) is 35.2 Å². The Balaban J connectivity index is 1.80. The van der Waals surface area contributed by atoms with Gasteiger partial charge >= 0.3 is 30.9 Å². The fourth-order valence-corrected chi connectivity index (χ4v) is 2.27. The maximum absolute atomic E-state index is 11.9. The molecule has 0 saturated heterocycles. The van der Waals surface area contributed by atoms with E-state index in [1.807, 2.05) is 0 Å². The zero-order valence-electron chi connectivity index (χ0n) is 11.6. The molecular weight excluding hydrogens is 307 g/mol. The summed E-state index contributed by atoms with van der Waals surface area (Å²) in [6.07, 6.45) is 0.174. The Hall–Kier alpha value is -3.08. The van der Waals surface area contributed by atoms with E-state index in [-0.39, 0.29) is 29.6 Å². The van der Waals surface area contributed by atoms with Crippen molar-refractivity contribution in [3.63, 3.8) is 0 Å². The molecule has 0 aliphatic carbocycles. The molecule has 2 aromatic rings. The predicted octanol–water partition coefficient (Wildman–Crippen LogP) is -0.897. The minimum Gasteiger partial charge on any atom is -0.534 e. The minimum absolute atomic E-state index is 0.0593. The third kappa shape index (κ3) is 2.81. The van der Waals surface area contributed by atoms with Crippen LogP contribution in [0.5, 0.6) is 5.75 Å². The summed E-state index contributed by atoms with van der Waals surface area (Å²) >= 11 is 0. The SMILES string of the molecule is Nc1nnc(C(=O)NC2Cc3cccc(C(=O)O)c3OB2O)o1. The topological polar surface area (TPSA) is 161 Å². The highest BCUT2D eigenvalue weighted by Gasteiger charge is 2.38. The first kappa shape index (κ1) is 14.8. The molecule has 1 aromatic carbocycles. The number of carbonyl (C=O) groups is 2. The van der Waals surface area contributed by atoms with Crippen LogP contribution in [-0.4, -0.2) is 45.3 Å². The molecule has 0 spiro atoms. The molecule has 0 fully saturated rings. The molecular formula is C12H11BN4O6. The molecule has 2 heterocycles. The smallest absolute Gasteiger partial charge is 0.534 e. The molecule has 1 unspecified atom stereocenters. The van der Waals surface area contributed by atoms with Gasteiger partial charge in [0.15, 0.2) is 0 Å². The maximum atomic E-state index is 11.9. The van der Waals surface area contributed by atoms with E-state index in [2.05, 4.69) is 15.5 Å². The van der Waals surface area contributed by atoms with Crippen molar-refractivity contribution < 1.29 is 28.8 Å². The number of carboxylic acid groups (broad SMARTS) is 1. The van der Waals surface area contributed by atoms with E-state index in [4.69, 9.17) is 19.9 Å². The van der Waals surface area contributed by atoms with E-state index >= 15 is 0 Å². The number of anilines is 1. The van der Waals surface area contributed by atoms with Gasteiger partial charge in [0, 0.05) is 0 Å². The average Bonchev–Trinajstić information content (AvgIpc) is 2.94. The van der Waals surface area contributed by atoms with Crippen molar-refractivity contribution >= 4 is 25.0 Å². The summed E-state index contributed by atoms with van der Waals surface area (Å²) < 4.78 is 10.0. The van der Waals surface area contributed by atoms with Gasteiger partial charge in [0.1, 0.15) is 5.75 Å². The van der Waals surface area contributed by atoms with E-state index in [1.54, 1.807) is 12.1 Å². The molecule has 5 N–H and O–H groups in total. The van der Waals surface area contributed by atoms with E-state index in [0.29, 0.717) is 5.56 Å². The second-order valence-corrected chi connectivity index (χ2v) is 4.84. The number of aromatic nitrogens is 2. The van der Waals surface area contributed by atoms with Crippen molar-refractivity contribution in [1.29, 1.82) is 0 Å². The van der Waals surface area contributed by atoms with Crippen LogP contribution in [0.25, 0.3) is 0 Å². The largest absolute Gasteiger partial charge is 0.547 e. The fraction of sp³-hybridized carbons (Fsp3) is 0.167. The van der Waals surface area contributed by atoms with Crippen LogP contribution in [0.2, 0.25) is 0 Å². The van der Waals surface area contributed by atoms with E-state index < -0.39 is 24.9 Å². The summed E-state index contributed by atoms with van der Waals surface area (Å²) in [4.78, 5) is 23.1. The summed E-state index contributed by atoms with van der Waals surface area (Å²) in [7, 11) is -1.42. The van der Waals surface area contributed by atoms with E-state index in [9.17, 15) is 14.6 Å². The molecule has 10 nitrogen and oxygen atoms in total. The number of nitrogen functional groups attached to an aromatic ring is 1. The fourth-order valence-electron chi connectivity index (χ4n) is 2.27. The number of rotatable bonds is 3. The number of fused-ring (bicyclic) bond motifs is 1. The molecule has 1 aliphatic rings. The van der Waals surface area contributed by atoms with Crippen LogP contribution < -0.4 is 15.7 Å². The molecule has 23 heavy (non-hydrogen) atoms. The van der Waals surface area contributed by atoms with Gasteiger partial charge in [0.2, 0.25) is 0 Å². The van der Waals surface area contributed by atoms with Gasteiger partial charge in [-0.3, -0.25) is 4.79 Å². The van der Waals surface area contributed by atoms with Crippen molar-refractivity contribution in [2.75, 3.05) is 5.73 Å². The zero-order valence-corrected chi connectivity index (χ0v) is 11.6. The lowest BCUT2D eigenvalue weighted by Crippen LogP contribution is -2.53. The van der Waals surface area contributed by atoms with Crippen LogP contribution in [0.1, 0.15) is 26.6 Å². The highest BCUT2D eigenvalue weighted by Crippen LogP contribution is 2.30. The van der Waals surface area contributed by atoms with Gasteiger partial charge in [-0.15, -0.1) is 5.10 Å². The lowest BCUT2D eigenvalue weighted by molar-refractivity contribution is 0.0693. The summed E-state index contributed by atoms with van der Waals surface area (Å²) in [6, 6.07) is 4.32. The number of nitrogens with one attached hydrogen (secondary N) is 1. The monoisotopic (exact) mass is 318 g/mol. The Morgan fingerprint density at radius 2 is 2.17 bits per heavy atom. The van der Waals surface area contributed by atoms with Crippen LogP contribution in [-0.2, 0) is 6.42 Å². The molecule has 1 atom stereocenters. The van der Waals surface area contributed by atoms with E-state index in [1.165, 1.54) is 6.07 Å². The van der Waals surface area contributed by atoms with Crippen molar-refractivity contribution in [3.8, 4) is 5.75 Å². The van der Waals surface area contributed by atoms with Gasteiger partial charge in [0.25, 0.3) is 0 Å². The standard InChI is InChI=1S/C12H11BN4O6/c14-12-17-16-10(22-12)9(18)15-7-4-5-2-1-3-6(11(19)20)8(5)23-13(7)21/h1-3,7,21H,4H2,(H2,14,17)(H,15,18)(H,19,20). The summed E-state index contributed by atoms with van der Waals surface area (Å²) in [5.41, 5.74) is 5.72. The number of carbonyl (C=O) groups excluding carboxylic acids is 1. The Morgan fingerprint density at radius 1 is 1.39 bits per heavy atom. The average molecular weight is 318 g/mol. The lowest BCUT2D eigenvalue weighted by Gasteiger charge is -2.28. The number of para-hydroxylation sites is 1. The Bertz CT molecular complexity index is 779. The van der Waals surface area contributed by atoms with Crippen molar-refractivity contribution in [2.45, 2.75) is 12.4 Å². The highest BCUT2D eigenvalue weighted by atomic mass is 16.5. The first-order valence-electron chi connectivity index (χ1n) is 6.55. The van der Waals surface area contributed by atoms with Crippen LogP contribution in [0.3, 0.4) is 0 Å². The third-order valence-corrected chi connectivity index (χ3v) is 3.30. The molecule has 0 bridgehead atoms. The van der Waals surface area contributed by atoms with Gasteiger partial charge in [0.05, 0.1) is 11.5 Å². The second-order valence-electron chi connectivity index (χ2n) is 4.84. The lowest BCUT2D eigenvalue weighted by atomic mass is 9.72. The van der Waals surface area contributed by atoms with Crippen LogP contribution in [0.4, 0.5) is 6.01 Å². The Labute approximate surface area is 129 Å². The van der Waals surface area contributed by atoms with Crippen molar-refractivity contribution in [2.24, 2.45) is 0 Å². The summed E-state index contributed by atoms with van der Waals surface area (Å²) in [5, 5.41) is 28.4. The molecule has 0 radical (unpaired) electrons. The number of aromatic carboxylic acids is 1. The molecule has 118 valence electrons. The Kier molecular flexibility index (Phi) is 3.62. The van der Waals surface area contributed by atoms with Crippen LogP contribution in [0, 0.1) is 0 Å². The molecule has 0 saturated carbocycles. The first-order valence-corrected chi connectivity index (χ1v) is 6.55. The molecule has 1 aliphatic heterocycles. The molecule has 3 rings (SSSR count). The normalized spacial score (nSPS) is 16.4. The van der Waals surface area contributed by atoms with Crippen molar-refractivity contribution in [1.82, 2.24) is 15.5 Å². The second kappa shape index (κ2) is 5.61. The number of carboxylic acids is 1. The van der Waals surface area contributed by atoms with Gasteiger partial charge in [-0.1, -0.05) is 17.2 Å². The quantitative estimate of drug-likeness (QED) is 0.526. The first-order chi connectivity index (χ1) is 11.0. The zero-order chi connectivity index (χ0) is 16.6. The Morgan fingerprint density at radius 3 is 2.83 bits per heavy atom. The summed E-state index contributed by atoms with van der Waals surface area (Å²) in [5.74, 6) is -2.97. The number of hydrogen-bond acceptors (Lipinski definition) is 8. The van der Waals surface area contributed by atoms with Crippen LogP contribution >= 0.6 is 0 Å². The maximum Gasteiger partial charge on any atom is 0.547 e.